The minimum absolute atomic E-state index is 0.200. The van der Waals surface area contributed by atoms with E-state index in [1.54, 1.807) is 0 Å². The molecule has 0 saturated carbocycles. The van der Waals surface area contributed by atoms with Crippen LogP contribution in [0, 0.1) is 5.92 Å². The SMILES string of the molecule is CCCCCCCCCCCCCCCCCCOC[C@H](CC(C)C)OCc1ccccc1. The summed E-state index contributed by atoms with van der Waals surface area (Å²) in [6, 6.07) is 10.5. The van der Waals surface area contributed by atoms with Crippen LogP contribution in [-0.4, -0.2) is 19.3 Å². The first kappa shape index (κ1) is 30.2. The maximum atomic E-state index is 6.15. The maximum absolute atomic E-state index is 6.15. The topological polar surface area (TPSA) is 18.5 Å². The zero-order valence-corrected chi connectivity index (χ0v) is 22.5. The van der Waals surface area contributed by atoms with Crippen molar-refractivity contribution in [2.45, 2.75) is 143 Å². The van der Waals surface area contributed by atoms with Crippen molar-refractivity contribution >= 4 is 0 Å². The Morgan fingerprint density at radius 2 is 1.12 bits per heavy atom. The van der Waals surface area contributed by atoms with Crippen molar-refractivity contribution in [1.29, 1.82) is 0 Å². The molecule has 1 rings (SSSR count). The van der Waals surface area contributed by atoms with Crippen molar-refractivity contribution in [2.75, 3.05) is 13.2 Å². The number of rotatable bonds is 24. The van der Waals surface area contributed by atoms with Gasteiger partial charge in [0, 0.05) is 6.61 Å². The van der Waals surface area contributed by atoms with Gasteiger partial charge in [-0.25, -0.2) is 0 Å². The number of hydrogen-bond acceptors (Lipinski definition) is 2. The van der Waals surface area contributed by atoms with E-state index in [0.29, 0.717) is 12.5 Å². The highest BCUT2D eigenvalue weighted by Gasteiger charge is 2.12. The van der Waals surface area contributed by atoms with Crippen LogP contribution in [-0.2, 0) is 16.1 Å². The number of benzene rings is 1. The maximum Gasteiger partial charge on any atom is 0.0815 e. The lowest BCUT2D eigenvalue weighted by Gasteiger charge is -2.20. The highest BCUT2D eigenvalue weighted by Crippen LogP contribution is 2.15. The molecule has 33 heavy (non-hydrogen) atoms. The van der Waals surface area contributed by atoms with Crippen LogP contribution >= 0.6 is 0 Å². The minimum atomic E-state index is 0.200. The third kappa shape index (κ3) is 20.2. The monoisotopic (exact) mass is 460 g/mol. The summed E-state index contributed by atoms with van der Waals surface area (Å²) in [5, 5.41) is 0. The summed E-state index contributed by atoms with van der Waals surface area (Å²) in [5.74, 6) is 0.630. The van der Waals surface area contributed by atoms with Gasteiger partial charge < -0.3 is 9.47 Å². The van der Waals surface area contributed by atoms with Crippen molar-refractivity contribution in [3.63, 3.8) is 0 Å². The third-order valence-corrected chi connectivity index (χ3v) is 6.51. The van der Waals surface area contributed by atoms with Crippen molar-refractivity contribution in [3.05, 3.63) is 35.9 Å². The molecule has 0 N–H and O–H groups in total. The molecule has 1 aromatic rings. The van der Waals surface area contributed by atoms with Crippen molar-refractivity contribution < 1.29 is 9.47 Å². The lowest BCUT2D eigenvalue weighted by Crippen LogP contribution is -2.22. The largest absolute Gasteiger partial charge is 0.379 e. The summed E-state index contributed by atoms with van der Waals surface area (Å²) < 4.78 is 12.1. The Morgan fingerprint density at radius 1 is 0.636 bits per heavy atom. The molecule has 0 radical (unpaired) electrons. The van der Waals surface area contributed by atoms with Crippen molar-refractivity contribution in [2.24, 2.45) is 5.92 Å². The summed E-state index contributed by atoms with van der Waals surface area (Å²) in [7, 11) is 0. The normalized spacial score (nSPS) is 12.5. The molecule has 0 aliphatic rings. The summed E-state index contributed by atoms with van der Waals surface area (Å²) in [6.45, 7) is 9.10. The first-order valence-corrected chi connectivity index (χ1v) is 14.5. The van der Waals surface area contributed by atoms with Gasteiger partial charge in [0.05, 0.1) is 19.3 Å². The van der Waals surface area contributed by atoms with Crippen LogP contribution in [0.15, 0.2) is 30.3 Å². The van der Waals surface area contributed by atoms with Crippen LogP contribution in [0.25, 0.3) is 0 Å². The molecule has 1 atom stereocenters. The minimum Gasteiger partial charge on any atom is -0.379 e. The zero-order chi connectivity index (χ0) is 23.8. The van der Waals surface area contributed by atoms with Crippen LogP contribution < -0.4 is 0 Å². The molecular weight excluding hydrogens is 404 g/mol. The lowest BCUT2D eigenvalue weighted by atomic mass is 10.0. The molecule has 2 nitrogen and oxygen atoms in total. The average Bonchev–Trinajstić information content (AvgIpc) is 2.82. The van der Waals surface area contributed by atoms with Gasteiger partial charge in [-0.2, -0.15) is 0 Å². The molecule has 1 aromatic carbocycles. The molecule has 0 fully saturated rings. The van der Waals surface area contributed by atoms with Gasteiger partial charge >= 0.3 is 0 Å². The highest BCUT2D eigenvalue weighted by molar-refractivity contribution is 5.13. The molecule has 0 spiro atoms. The molecule has 2 heteroatoms. The summed E-state index contributed by atoms with van der Waals surface area (Å²) in [5.41, 5.74) is 1.24. The molecule has 0 saturated heterocycles. The molecule has 0 amide bonds. The van der Waals surface area contributed by atoms with E-state index < -0.39 is 0 Å². The van der Waals surface area contributed by atoms with Gasteiger partial charge in [0.2, 0.25) is 0 Å². The molecule has 0 bridgehead atoms. The van der Waals surface area contributed by atoms with Crippen LogP contribution in [0.4, 0.5) is 0 Å². The zero-order valence-electron chi connectivity index (χ0n) is 22.5. The molecule has 0 unspecified atom stereocenters. The quantitative estimate of drug-likeness (QED) is 0.143. The summed E-state index contributed by atoms with van der Waals surface area (Å²) in [6.07, 6.45) is 23.8. The molecule has 0 heterocycles. The molecule has 192 valence electrons. The van der Waals surface area contributed by atoms with E-state index >= 15 is 0 Å². The fourth-order valence-electron chi connectivity index (χ4n) is 4.47. The van der Waals surface area contributed by atoms with Crippen molar-refractivity contribution in [1.82, 2.24) is 0 Å². The summed E-state index contributed by atoms with van der Waals surface area (Å²) in [4.78, 5) is 0. The molecular formula is C31H56O2. The molecule has 0 aliphatic carbocycles. The Hall–Kier alpha value is -0.860. The van der Waals surface area contributed by atoms with E-state index in [4.69, 9.17) is 9.47 Å². The predicted molar refractivity (Wildman–Crippen MR) is 145 cm³/mol. The first-order chi connectivity index (χ1) is 16.2. The van der Waals surface area contributed by atoms with Gasteiger partial charge in [-0.3, -0.25) is 0 Å². The van der Waals surface area contributed by atoms with E-state index in [2.05, 4.69) is 51.1 Å². The summed E-state index contributed by atoms with van der Waals surface area (Å²) >= 11 is 0. The van der Waals surface area contributed by atoms with Gasteiger partial charge in [0.15, 0.2) is 0 Å². The Bertz CT molecular complexity index is 499. The molecule has 0 aromatic heterocycles. The van der Waals surface area contributed by atoms with Gasteiger partial charge in [-0.05, 0) is 24.3 Å². The number of unbranched alkanes of at least 4 members (excludes halogenated alkanes) is 15. The number of ether oxygens (including phenoxy) is 2. The van der Waals surface area contributed by atoms with Gasteiger partial charge in [0.1, 0.15) is 0 Å². The van der Waals surface area contributed by atoms with E-state index in [1.807, 2.05) is 0 Å². The van der Waals surface area contributed by atoms with E-state index in [0.717, 1.165) is 19.6 Å². The standard InChI is InChI=1S/C31H56O2/c1-4-5-6-7-8-9-10-11-12-13-14-15-16-17-18-22-25-32-28-31(26-29(2)3)33-27-30-23-20-19-21-24-30/h19-21,23-24,29,31H,4-18,22,25-28H2,1-3H3/t31-/m0/s1. The second-order valence-electron chi connectivity index (χ2n) is 10.4. The first-order valence-electron chi connectivity index (χ1n) is 14.5. The second kappa shape index (κ2) is 22.9. The van der Waals surface area contributed by atoms with Crippen molar-refractivity contribution in [3.8, 4) is 0 Å². The van der Waals surface area contributed by atoms with Crippen LogP contribution in [0.5, 0.6) is 0 Å². The Labute approximate surface area is 207 Å². The van der Waals surface area contributed by atoms with E-state index in [9.17, 15) is 0 Å². The van der Waals surface area contributed by atoms with Crippen LogP contribution in [0.3, 0.4) is 0 Å². The Kier molecular flexibility index (Phi) is 20.9. The fourth-order valence-corrected chi connectivity index (χ4v) is 4.47. The third-order valence-electron chi connectivity index (χ3n) is 6.51. The van der Waals surface area contributed by atoms with Gasteiger partial charge in [0.25, 0.3) is 0 Å². The smallest absolute Gasteiger partial charge is 0.0815 e. The van der Waals surface area contributed by atoms with E-state index in [-0.39, 0.29) is 6.10 Å². The van der Waals surface area contributed by atoms with Gasteiger partial charge in [-0.1, -0.05) is 147 Å². The fraction of sp³-hybridized carbons (Fsp3) is 0.806. The number of hydrogen-bond donors (Lipinski definition) is 0. The Balaban J connectivity index is 1.87. The average molecular weight is 461 g/mol. The Morgan fingerprint density at radius 3 is 1.61 bits per heavy atom. The van der Waals surface area contributed by atoms with Gasteiger partial charge in [-0.15, -0.1) is 0 Å². The predicted octanol–water partition coefficient (Wildman–Crippen LogP) is 9.90. The lowest BCUT2D eigenvalue weighted by molar-refractivity contribution is -0.0346. The van der Waals surface area contributed by atoms with E-state index in [1.165, 1.54) is 108 Å². The second-order valence-corrected chi connectivity index (χ2v) is 10.4. The molecule has 0 aliphatic heterocycles. The highest BCUT2D eigenvalue weighted by atomic mass is 16.5. The van der Waals surface area contributed by atoms with Crippen LogP contribution in [0.1, 0.15) is 135 Å². The van der Waals surface area contributed by atoms with Crippen LogP contribution in [0.2, 0.25) is 0 Å².